The van der Waals surface area contributed by atoms with Crippen molar-refractivity contribution in [2.24, 2.45) is 7.05 Å². The summed E-state index contributed by atoms with van der Waals surface area (Å²) >= 11 is 6.05. The lowest BCUT2D eigenvalue weighted by Crippen LogP contribution is -2.24. The first-order chi connectivity index (χ1) is 9.25. The Labute approximate surface area is 118 Å². The first kappa shape index (κ1) is 12.7. The molecule has 0 amide bonds. The first-order valence-electron chi connectivity index (χ1n) is 6.71. The van der Waals surface area contributed by atoms with Crippen molar-refractivity contribution >= 4 is 11.6 Å². The van der Waals surface area contributed by atoms with Crippen LogP contribution in [-0.4, -0.2) is 21.0 Å². The fraction of sp³-hybridized carbons (Fsp3) is 0.400. The van der Waals surface area contributed by atoms with Gasteiger partial charge >= 0.3 is 0 Å². The fourth-order valence-corrected chi connectivity index (χ4v) is 2.97. The van der Waals surface area contributed by atoms with E-state index in [-0.39, 0.29) is 0 Å². The molecule has 1 aliphatic rings. The summed E-state index contributed by atoms with van der Waals surface area (Å²) in [7, 11) is 1.97. The van der Waals surface area contributed by atoms with Gasteiger partial charge < -0.3 is 4.57 Å². The molecule has 1 aliphatic heterocycles. The largest absolute Gasteiger partial charge is 0.321 e. The van der Waals surface area contributed by atoms with Gasteiger partial charge in [-0.2, -0.15) is 0 Å². The summed E-state index contributed by atoms with van der Waals surface area (Å²) in [6.07, 6.45) is 4.20. The molecule has 1 fully saturated rings. The third kappa shape index (κ3) is 2.53. The minimum absolute atomic E-state index is 0.511. The Morgan fingerprint density at radius 1 is 1.32 bits per heavy atom. The summed E-state index contributed by atoms with van der Waals surface area (Å²) < 4.78 is 1.96. The maximum atomic E-state index is 6.05. The Morgan fingerprint density at radius 3 is 2.79 bits per heavy atom. The highest BCUT2D eigenvalue weighted by atomic mass is 35.5. The molecular formula is C15H18ClN3. The van der Waals surface area contributed by atoms with Gasteiger partial charge in [-0.1, -0.05) is 41.9 Å². The Bertz CT molecular complexity index is 550. The van der Waals surface area contributed by atoms with Gasteiger partial charge in [0.05, 0.1) is 12.7 Å². The van der Waals surface area contributed by atoms with E-state index < -0.39 is 0 Å². The Morgan fingerprint density at radius 2 is 2.11 bits per heavy atom. The molecule has 100 valence electrons. The molecule has 0 saturated carbocycles. The van der Waals surface area contributed by atoms with Crippen LogP contribution in [0.15, 0.2) is 36.5 Å². The van der Waals surface area contributed by atoms with E-state index in [1.807, 2.05) is 11.6 Å². The van der Waals surface area contributed by atoms with Crippen molar-refractivity contribution in [2.45, 2.75) is 25.4 Å². The molecular weight excluding hydrogens is 258 g/mol. The minimum Gasteiger partial charge on any atom is -0.321 e. The number of aromatic nitrogens is 2. The predicted octanol–water partition coefficient (Wildman–Crippen LogP) is 3.41. The third-order valence-corrected chi connectivity index (χ3v) is 4.27. The van der Waals surface area contributed by atoms with Crippen LogP contribution >= 0.6 is 11.6 Å². The lowest BCUT2D eigenvalue weighted by molar-refractivity contribution is 0.240. The second-order valence-electron chi connectivity index (χ2n) is 5.10. The Kier molecular flexibility index (Phi) is 3.58. The average Bonchev–Trinajstić information content (AvgIpc) is 3.02. The molecule has 4 heteroatoms. The summed E-state index contributed by atoms with van der Waals surface area (Å²) in [6, 6.07) is 11.2. The van der Waals surface area contributed by atoms with E-state index in [0.29, 0.717) is 11.2 Å². The van der Waals surface area contributed by atoms with Crippen molar-refractivity contribution < 1.29 is 0 Å². The highest BCUT2D eigenvalue weighted by Crippen LogP contribution is 2.32. The monoisotopic (exact) mass is 275 g/mol. The Hall–Kier alpha value is -1.32. The van der Waals surface area contributed by atoms with Crippen LogP contribution < -0.4 is 0 Å². The molecule has 0 bridgehead atoms. The lowest BCUT2D eigenvalue weighted by atomic mass is 10.0. The second kappa shape index (κ2) is 5.35. The molecule has 0 spiro atoms. The molecule has 1 aromatic carbocycles. The Balaban J connectivity index is 1.79. The molecule has 0 aliphatic carbocycles. The quantitative estimate of drug-likeness (QED) is 0.856. The van der Waals surface area contributed by atoms with Crippen molar-refractivity contribution in [1.29, 1.82) is 0 Å². The molecule has 2 aromatic rings. The van der Waals surface area contributed by atoms with Crippen LogP contribution in [0.25, 0.3) is 0 Å². The average molecular weight is 276 g/mol. The topological polar surface area (TPSA) is 21.1 Å². The maximum absolute atomic E-state index is 6.05. The zero-order chi connectivity index (χ0) is 13.2. The first-order valence-corrected chi connectivity index (χ1v) is 7.08. The van der Waals surface area contributed by atoms with E-state index in [1.165, 1.54) is 18.4 Å². The van der Waals surface area contributed by atoms with Crippen LogP contribution in [0.1, 0.15) is 30.3 Å². The van der Waals surface area contributed by atoms with Crippen LogP contribution in [0, 0.1) is 0 Å². The SMILES string of the molecule is Cn1c(Cl)cnc1CN1CCCC1c1ccccc1. The second-order valence-corrected chi connectivity index (χ2v) is 5.48. The highest BCUT2D eigenvalue weighted by Gasteiger charge is 2.26. The fourth-order valence-electron chi connectivity index (χ4n) is 2.82. The normalized spacial score (nSPS) is 20.0. The van der Waals surface area contributed by atoms with Gasteiger partial charge in [0.1, 0.15) is 11.0 Å². The number of hydrogen-bond donors (Lipinski definition) is 0. The van der Waals surface area contributed by atoms with Crippen LogP contribution in [0.5, 0.6) is 0 Å². The van der Waals surface area contributed by atoms with Gasteiger partial charge in [-0.3, -0.25) is 4.90 Å². The molecule has 1 atom stereocenters. The molecule has 1 saturated heterocycles. The van der Waals surface area contributed by atoms with E-state index in [0.717, 1.165) is 18.9 Å². The van der Waals surface area contributed by atoms with Crippen molar-refractivity contribution in [3.8, 4) is 0 Å². The molecule has 3 nitrogen and oxygen atoms in total. The number of halogens is 1. The van der Waals surface area contributed by atoms with Crippen molar-refractivity contribution in [3.63, 3.8) is 0 Å². The van der Waals surface area contributed by atoms with E-state index in [2.05, 4.69) is 40.2 Å². The molecule has 3 rings (SSSR count). The molecule has 2 heterocycles. The minimum atomic E-state index is 0.511. The number of hydrogen-bond acceptors (Lipinski definition) is 2. The number of rotatable bonds is 3. The van der Waals surface area contributed by atoms with Gasteiger partial charge in [-0.05, 0) is 24.9 Å². The van der Waals surface area contributed by atoms with Gasteiger partial charge in [0, 0.05) is 13.1 Å². The standard InChI is InChI=1S/C15H18ClN3/c1-18-14(16)10-17-15(18)11-19-9-5-8-13(19)12-6-3-2-4-7-12/h2-4,6-7,10,13H,5,8-9,11H2,1H3. The lowest BCUT2D eigenvalue weighted by Gasteiger charge is -2.24. The number of nitrogens with zero attached hydrogens (tertiary/aromatic N) is 3. The van der Waals surface area contributed by atoms with Crippen LogP contribution in [0.2, 0.25) is 5.15 Å². The van der Waals surface area contributed by atoms with E-state index in [4.69, 9.17) is 11.6 Å². The maximum Gasteiger partial charge on any atom is 0.128 e. The van der Waals surface area contributed by atoms with Crippen molar-refractivity contribution in [3.05, 3.63) is 53.1 Å². The molecule has 0 radical (unpaired) electrons. The van der Waals surface area contributed by atoms with Crippen LogP contribution in [0.3, 0.4) is 0 Å². The molecule has 0 N–H and O–H groups in total. The van der Waals surface area contributed by atoms with E-state index in [1.54, 1.807) is 6.20 Å². The van der Waals surface area contributed by atoms with Gasteiger partial charge in [-0.15, -0.1) is 0 Å². The highest BCUT2D eigenvalue weighted by molar-refractivity contribution is 6.29. The van der Waals surface area contributed by atoms with Gasteiger partial charge in [-0.25, -0.2) is 4.98 Å². The summed E-state index contributed by atoms with van der Waals surface area (Å²) in [6.45, 7) is 1.99. The zero-order valence-corrected chi connectivity index (χ0v) is 11.8. The van der Waals surface area contributed by atoms with Gasteiger partial charge in [0.2, 0.25) is 0 Å². The van der Waals surface area contributed by atoms with Gasteiger partial charge in [0.15, 0.2) is 0 Å². The number of imidazole rings is 1. The zero-order valence-electron chi connectivity index (χ0n) is 11.1. The molecule has 1 unspecified atom stereocenters. The van der Waals surface area contributed by atoms with Crippen LogP contribution in [0.4, 0.5) is 0 Å². The molecule has 1 aromatic heterocycles. The predicted molar refractivity (Wildman–Crippen MR) is 77.0 cm³/mol. The summed E-state index contributed by atoms with van der Waals surface area (Å²) in [5, 5.41) is 0.699. The van der Waals surface area contributed by atoms with E-state index >= 15 is 0 Å². The summed E-state index contributed by atoms with van der Waals surface area (Å²) in [5.74, 6) is 1.04. The number of benzene rings is 1. The third-order valence-electron chi connectivity index (χ3n) is 3.92. The summed E-state index contributed by atoms with van der Waals surface area (Å²) in [5.41, 5.74) is 1.40. The smallest absolute Gasteiger partial charge is 0.128 e. The number of likely N-dealkylation sites (tertiary alicyclic amines) is 1. The van der Waals surface area contributed by atoms with Gasteiger partial charge in [0.25, 0.3) is 0 Å². The van der Waals surface area contributed by atoms with Crippen molar-refractivity contribution in [2.75, 3.05) is 6.54 Å². The van der Waals surface area contributed by atoms with E-state index in [9.17, 15) is 0 Å². The summed E-state index contributed by atoms with van der Waals surface area (Å²) in [4.78, 5) is 6.89. The van der Waals surface area contributed by atoms with Crippen molar-refractivity contribution in [1.82, 2.24) is 14.5 Å². The molecule has 19 heavy (non-hydrogen) atoms. The van der Waals surface area contributed by atoms with Crippen LogP contribution in [-0.2, 0) is 13.6 Å².